The minimum atomic E-state index is -1.07. The van der Waals surface area contributed by atoms with Gasteiger partial charge in [-0.25, -0.2) is 4.79 Å². The van der Waals surface area contributed by atoms with Gasteiger partial charge in [0.1, 0.15) is 0 Å². The minimum absolute atomic E-state index is 0.0683. The number of aromatic carboxylic acids is 1. The van der Waals surface area contributed by atoms with Crippen molar-refractivity contribution in [3.8, 4) is 0 Å². The van der Waals surface area contributed by atoms with E-state index in [2.05, 4.69) is 5.32 Å². The van der Waals surface area contributed by atoms with E-state index in [-0.39, 0.29) is 17.2 Å². The molecule has 1 amide bonds. The number of fused-ring (bicyclic) bond motifs is 1. The van der Waals surface area contributed by atoms with Gasteiger partial charge in [-0.05, 0) is 42.1 Å². The van der Waals surface area contributed by atoms with Crippen molar-refractivity contribution in [1.29, 1.82) is 0 Å². The number of thiophene rings is 1. The lowest BCUT2D eigenvalue weighted by atomic mass is 10.1. The fourth-order valence-corrected chi connectivity index (χ4v) is 3.43. The predicted molar refractivity (Wildman–Crippen MR) is 97.5 cm³/mol. The summed E-state index contributed by atoms with van der Waals surface area (Å²) in [6, 6.07) is 16.4. The first-order chi connectivity index (χ1) is 11.5. The van der Waals surface area contributed by atoms with Crippen molar-refractivity contribution in [2.75, 3.05) is 5.32 Å². The molecule has 0 bridgehead atoms. The van der Waals surface area contributed by atoms with Crippen LogP contribution < -0.4 is 5.32 Å². The van der Waals surface area contributed by atoms with Crippen molar-refractivity contribution in [2.45, 2.75) is 6.92 Å². The third-order valence-corrected chi connectivity index (χ3v) is 4.83. The fourth-order valence-electron chi connectivity index (χ4n) is 2.39. The van der Waals surface area contributed by atoms with Crippen LogP contribution in [0, 0.1) is 0 Å². The highest BCUT2D eigenvalue weighted by molar-refractivity contribution is 7.20. The molecule has 0 fully saturated rings. The number of benzene rings is 2. The van der Waals surface area contributed by atoms with Gasteiger partial charge in [-0.2, -0.15) is 0 Å². The molecule has 0 aliphatic rings. The summed E-state index contributed by atoms with van der Waals surface area (Å²) in [6.45, 7) is 1.87. The Morgan fingerprint density at radius 1 is 1.08 bits per heavy atom. The number of hydrogen-bond acceptors (Lipinski definition) is 3. The first-order valence-electron chi connectivity index (χ1n) is 7.35. The lowest BCUT2D eigenvalue weighted by Gasteiger charge is -2.06. The highest BCUT2D eigenvalue weighted by Gasteiger charge is 2.11. The highest BCUT2D eigenvalue weighted by atomic mass is 32.1. The second kappa shape index (κ2) is 6.68. The van der Waals surface area contributed by atoms with Gasteiger partial charge < -0.3 is 10.4 Å². The topological polar surface area (TPSA) is 66.4 Å². The third kappa shape index (κ3) is 3.36. The van der Waals surface area contributed by atoms with E-state index in [4.69, 9.17) is 5.11 Å². The maximum atomic E-state index is 12.2. The molecule has 2 aromatic carbocycles. The fraction of sp³-hybridized carbons (Fsp3) is 0.0526. The molecule has 0 atom stereocenters. The average Bonchev–Trinajstić information content (AvgIpc) is 2.99. The first kappa shape index (κ1) is 16.0. The van der Waals surface area contributed by atoms with Gasteiger partial charge in [0, 0.05) is 15.7 Å². The number of carboxylic acid groups (broad SMARTS) is 1. The van der Waals surface area contributed by atoms with Gasteiger partial charge in [0.15, 0.2) is 0 Å². The second-order valence-corrected chi connectivity index (χ2v) is 6.40. The number of anilines is 1. The van der Waals surface area contributed by atoms with E-state index in [9.17, 15) is 9.59 Å². The van der Waals surface area contributed by atoms with Crippen LogP contribution in [-0.4, -0.2) is 17.0 Å². The molecule has 0 saturated heterocycles. The van der Waals surface area contributed by atoms with Gasteiger partial charge in [0.2, 0.25) is 5.91 Å². The van der Waals surface area contributed by atoms with Gasteiger partial charge in [0.25, 0.3) is 0 Å². The molecule has 0 unspecified atom stereocenters. The van der Waals surface area contributed by atoms with Gasteiger partial charge in [0.05, 0.1) is 11.3 Å². The van der Waals surface area contributed by atoms with E-state index in [0.29, 0.717) is 0 Å². The number of hydrogen-bond donors (Lipinski definition) is 2. The predicted octanol–water partition coefficient (Wildman–Crippen LogP) is 4.64. The SMILES string of the molecule is C/C(=C/C(=O)Nc1ccccc1C(=O)O)c1cc2ccccc2s1. The molecule has 3 rings (SSSR count). The Morgan fingerprint density at radius 3 is 2.54 bits per heavy atom. The Labute approximate surface area is 143 Å². The summed E-state index contributed by atoms with van der Waals surface area (Å²) >= 11 is 1.62. The molecule has 0 aliphatic carbocycles. The van der Waals surface area contributed by atoms with Crippen LogP contribution >= 0.6 is 11.3 Å². The van der Waals surface area contributed by atoms with Gasteiger partial charge in [-0.3, -0.25) is 4.79 Å². The van der Waals surface area contributed by atoms with Gasteiger partial charge >= 0.3 is 5.97 Å². The Balaban J connectivity index is 1.83. The van der Waals surface area contributed by atoms with Crippen molar-refractivity contribution < 1.29 is 14.7 Å². The van der Waals surface area contributed by atoms with Crippen LogP contribution in [0.3, 0.4) is 0 Å². The maximum absolute atomic E-state index is 12.2. The summed E-state index contributed by atoms with van der Waals surface area (Å²) in [4.78, 5) is 24.4. The molecule has 0 spiro atoms. The number of rotatable bonds is 4. The lowest BCUT2D eigenvalue weighted by Crippen LogP contribution is -2.12. The molecule has 120 valence electrons. The van der Waals surface area contributed by atoms with Crippen LogP contribution in [0.15, 0.2) is 60.7 Å². The molecule has 24 heavy (non-hydrogen) atoms. The van der Waals surface area contributed by atoms with Crippen molar-refractivity contribution in [3.05, 3.63) is 71.1 Å². The van der Waals surface area contributed by atoms with Crippen LogP contribution in [0.1, 0.15) is 22.2 Å². The summed E-state index contributed by atoms with van der Waals surface area (Å²) in [6.07, 6.45) is 1.49. The van der Waals surface area contributed by atoms with Crippen LogP contribution in [0.2, 0.25) is 0 Å². The number of carbonyl (C=O) groups is 2. The Morgan fingerprint density at radius 2 is 1.79 bits per heavy atom. The molecule has 0 saturated carbocycles. The molecule has 2 N–H and O–H groups in total. The van der Waals surface area contributed by atoms with Crippen molar-refractivity contribution in [3.63, 3.8) is 0 Å². The summed E-state index contributed by atoms with van der Waals surface area (Å²) in [5.41, 5.74) is 1.19. The van der Waals surface area contributed by atoms with Gasteiger partial charge in [-0.15, -0.1) is 11.3 Å². The molecule has 1 heterocycles. The van der Waals surface area contributed by atoms with E-state index in [0.717, 1.165) is 20.5 Å². The summed E-state index contributed by atoms with van der Waals surface area (Å²) in [5, 5.41) is 12.9. The third-order valence-electron chi connectivity index (χ3n) is 3.58. The zero-order valence-corrected chi connectivity index (χ0v) is 13.8. The minimum Gasteiger partial charge on any atom is -0.478 e. The quantitative estimate of drug-likeness (QED) is 0.682. The number of carboxylic acids is 1. The van der Waals surface area contributed by atoms with E-state index >= 15 is 0 Å². The Hall–Kier alpha value is -2.92. The highest BCUT2D eigenvalue weighted by Crippen LogP contribution is 2.30. The number of para-hydroxylation sites is 1. The summed E-state index contributed by atoms with van der Waals surface area (Å²) < 4.78 is 1.16. The largest absolute Gasteiger partial charge is 0.478 e. The van der Waals surface area contributed by atoms with Crippen LogP contribution in [0.4, 0.5) is 5.69 Å². The molecule has 4 nitrogen and oxygen atoms in total. The van der Waals surface area contributed by atoms with E-state index in [1.54, 1.807) is 29.5 Å². The van der Waals surface area contributed by atoms with Crippen molar-refractivity contribution >= 4 is 44.6 Å². The van der Waals surface area contributed by atoms with E-state index in [1.165, 1.54) is 12.1 Å². The summed E-state index contributed by atoms with van der Waals surface area (Å²) in [5.74, 6) is -1.42. The van der Waals surface area contributed by atoms with Crippen LogP contribution in [0.5, 0.6) is 0 Å². The summed E-state index contributed by atoms with van der Waals surface area (Å²) in [7, 11) is 0. The number of carbonyl (C=O) groups excluding carboxylic acids is 1. The number of amides is 1. The molecule has 3 aromatic rings. The monoisotopic (exact) mass is 337 g/mol. The smallest absolute Gasteiger partial charge is 0.337 e. The standard InChI is InChI=1S/C19H15NO3S/c1-12(17-11-13-6-2-5-9-16(13)24-17)10-18(21)20-15-8-4-3-7-14(15)19(22)23/h2-11H,1H3,(H,20,21)(H,22,23)/b12-10-. The normalized spacial score (nSPS) is 11.5. The Kier molecular flexibility index (Phi) is 4.44. The van der Waals surface area contributed by atoms with Crippen LogP contribution in [0.25, 0.3) is 15.7 Å². The van der Waals surface area contributed by atoms with E-state index < -0.39 is 5.97 Å². The zero-order valence-electron chi connectivity index (χ0n) is 12.9. The molecule has 0 aliphatic heterocycles. The van der Waals surface area contributed by atoms with Crippen LogP contribution in [-0.2, 0) is 4.79 Å². The molecule has 5 heteroatoms. The zero-order chi connectivity index (χ0) is 17.1. The first-order valence-corrected chi connectivity index (χ1v) is 8.17. The van der Waals surface area contributed by atoms with Crippen molar-refractivity contribution in [2.24, 2.45) is 0 Å². The molecule has 0 radical (unpaired) electrons. The Bertz CT molecular complexity index is 923. The van der Waals surface area contributed by atoms with Gasteiger partial charge in [-0.1, -0.05) is 30.3 Å². The second-order valence-electron chi connectivity index (χ2n) is 5.32. The lowest BCUT2D eigenvalue weighted by molar-refractivity contribution is -0.111. The average molecular weight is 337 g/mol. The maximum Gasteiger partial charge on any atom is 0.337 e. The number of allylic oxidation sites excluding steroid dienone is 1. The van der Waals surface area contributed by atoms with Crippen molar-refractivity contribution in [1.82, 2.24) is 0 Å². The van der Waals surface area contributed by atoms with E-state index in [1.807, 2.05) is 37.3 Å². The molecule has 1 aromatic heterocycles. The molecular formula is C19H15NO3S. The molecular weight excluding hydrogens is 322 g/mol. The number of nitrogens with one attached hydrogen (secondary N) is 1.